The lowest BCUT2D eigenvalue weighted by Crippen LogP contribution is -2.39. The Labute approximate surface area is 105 Å². The quantitative estimate of drug-likeness (QED) is 0.781. The second kappa shape index (κ2) is 3.59. The molecule has 0 saturated carbocycles. The van der Waals surface area contributed by atoms with Crippen LogP contribution in [0.15, 0.2) is 33.5 Å². The van der Waals surface area contributed by atoms with Crippen molar-refractivity contribution < 1.29 is 15.6 Å². The first-order chi connectivity index (χ1) is 8.86. The molecule has 0 saturated heterocycles. The van der Waals surface area contributed by atoms with E-state index in [9.17, 15) is 9.90 Å². The van der Waals surface area contributed by atoms with E-state index in [1.807, 2.05) is 0 Å². The van der Waals surface area contributed by atoms with Crippen molar-refractivity contribution in [1.82, 2.24) is 0 Å². The second-order valence-corrected chi connectivity index (χ2v) is 5.04. The lowest BCUT2D eigenvalue weighted by atomic mass is 9.97. The molecule has 4 nitrogen and oxygen atoms in total. The largest absolute Gasteiger partial charge is 0.487 e. The van der Waals surface area contributed by atoms with Crippen LogP contribution in [0.25, 0.3) is 11.0 Å². The Hall–Kier alpha value is -1.81. The number of rotatable bonds is 1. The van der Waals surface area contributed by atoms with Gasteiger partial charge in [0.1, 0.15) is 17.4 Å². The minimum Gasteiger partial charge on any atom is -0.487 e. The summed E-state index contributed by atoms with van der Waals surface area (Å²) in [4.78, 5) is 11.2. The first kappa shape index (κ1) is 10.1. The summed E-state index contributed by atoms with van der Waals surface area (Å²) in [6.07, 6.45) is -1.29. The maximum Gasteiger partial charge on any atom is 0.336 e. The molecule has 0 amide bonds. The Morgan fingerprint density at radius 3 is 2.94 bits per heavy atom. The highest BCUT2D eigenvalue weighted by molar-refractivity contribution is 5.79. The van der Waals surface area contributed by atoms with E-state index in [0.717, 1.165) is 5.39 Å². The zero-order valence-electron chi connectivity index (χ0n) is 11.1. The van der Waals surface area contributed by atoms with E-state index >= 15 is 0 Å². The highest BCUT2D eigenvalue weighted by Gasteiger charge is 2.35. The average molecular weight is 247 g/mol. The molecular weight excluding hydrogens is 232 g/mol. The van der Waals surface area contributed by atoms with E-state index in [2.05, 4.69) is 0 Å². The van der Waals surface area contributed by atoms with Crippen molar-refractivity contribution in [3.63, 3.8) is 0 Å². The van der Waals surface area contributed by atoms with Crippen LogP contribution in [-0.2, 0) is 6.40 Å². The predicted octanol–water partition coefficient (Wildman–Crippen LogP) is 1.87. The zero-order valence-corrected chi connectivity index (χ0v) is 10.1. The highest BCUT2D eigenvalue weighted by atomic mass is 16.5. The van der Waals surface area contributed by atoms with Gasteiger partial charge >= 0.3 is 5.63 Å². The lowest BCUT2D eigenvalue weighted by Gasteiger charge is -2.24. The van der Waals surface area contributed by atoms with Gasteiger partial charge in [0.25, 0.3) is 0 Å². The summed E-state index contributed by atoms with van der Waals surface area (Å²) >= 11 is 0. The van der Waals surface area contributed by atoms with Crippen LogP contribution < -0.4 is 10.4 Å². The fraction of sp³-hybridized carbons (Fsp3) is 0.357. The van der Waals surface area contributed by atoms with Crippen LogP contribution in [0.1, 0.15) is 20.8 Å². The lowest BCUT2D eigenvalue weighted by molar-refractivity contribution is -0.0229. The molecule has 4 heteroatoms. The van der Waals surface area contributed by atoms with Gasteiger partial charge in [-0.05, 0) is 31.5 Å². The van der Waals surface area contributed by atoms with Crippen LogP contribution >= 0.6 is 0 Å². The first-order valence-electron chi connectivity index (χ1n) is 6.33. The van der Waals surface area contributed by atoms with Crippen LogP contribution in [-0.4, -0.2) is 16.8 Å². The van der Waals surface area contributed by atoms with Gasteiger partial charge in [0, 0.05) is 25.3 Å². The molecule has 0 unspecified atom stereocenters. The monoisotopic (exact) mass is 247 g/mol. The third-order valence-electron chi connectivity index (χ3n) is 3.03. The summed E-state index contributed by atoms with van der Waals surface area (Å²) in [5, 5.41) is 10.8. The fourth-order valence-corrected chi connectivity index (χ4v) is 2.03. The SMILES string of the molecule is [2H][C@@H]1c2cc3ccc(=O)oc3cc2O[C@@H]1C(C)(C)O. The van der Waals surface area contributed by atoms with Gasteiger partial charge in [0.05, 0.1) is 5.60 Å². The summed E-state index contributed by atoms with van der Waals surface area (Å²) in [6.45, 7) is 3.23. The molecule has 3 rings (SSSR count). The molecule has 0 fully saturated rings. The van der Waals surface area contributed by atoms with Crippen LogP contribution in [0.2, 0.25) is 0 Å². The second-order valence-electron chi connectivity index (χ2n) is 5.04. The Balaban J connectivity index is 2.15. The van der Waals surface area contributed by atoms with Gasteiger partial charge in [-0.15, -0.1) is 0 Å². The van der Waals surface area contributed by atoms with Crippen LogP contribution in [0.5, 0.6) is 5.75 Å². The molecule has 94 valence electrons. The standard InChI is InChI=1S/C14H14O4/c1-14(2,16)12-6-9-5-8-3-4-13(15)18-10(8)7-11(9)17-12/h3-5,7,12,16H,6H2,1-2H3/t12-/m0/s1/i6D/t6-,12+/m1. The Morgan fingerprint density at radius 1 is 1.44 bits per heavy atom. The van der Waals surface area contributed by atoms with E-state index in [1.54, 1.807) is 32.0 Å². The minimum atomic E-state index is -1.11. The van der Waals surface area contributed by atoms with E-state index < -0.39 is 23.7 Å². The van der Waals surface area contributed by atoms with Crippen molar-refractivity contribution in [3.8, 4) is 5.75 Å². The van der Waals surface area contributed by atoms with E-state index in [0.29, 0.717) is 16.9 Å². The fourth-order valence-electron chi connectivity index (χ4n) is 2.03. The first-order valence-corrected chi connectivity index (χ1v) is 5.75. The maximum atomic E-state index is 11.2. The van der Waals surface area contributed by atoms with Gasteiger partial charge in [0.2, 0.25) is 0 Å². The molecule has 1 aromatic carbocycles. The number of ether oxygens (including phenoxy) is 1. The van der Waals surface area contributed by atoms with Crippen molar-refractivity contribution >= 4 is 11.0 Å². The molecule has 0 radical (unpaired) electrons. The third-order valence-corrected chi connectivity index (χ3v) is 3.03. The molecule has 0 spiro atoms. The predicted molar refractivity (Wildman–Crippen MR) is 66.9 cm³/mol. The molecule has 0 bridgehead atoms. The van der Waals surface area contributed by atoms with Crippen molar-refractivity contribution in [3.05, 3.63) is 40.2 Å². The summed E-state index contributed by atoms with van der Waals surface area (Å²) in [7, 11) is 0. The molecule has 18 heavy (non-hydrogen) atoms. The molecule has 1 aromatic heterocycles. The number of fused-ring (bicyclic) bond motifs is 2. The van der Waals surface area contributed by atoms with Gasteiger partial charge in [-0.2, -0.15) is 0 Å². The van der Waals surface area contributed by atoms with E-state index in [-0.39, 0.29) is 0 Å². The zero-order chi connectivity index (χ0) is 13.8. The van der Waals surface area contributed by atoms with Gasteiger partial charge in [-0.3, -0.25) is 0 Å². The van der Waals surface area contributed by atoms with Gasteiger partial charge in [-0.1, -0.05) is 0 Å². The van der Waals surface area contributed by atoms with Crippen molar-refractivity contribution in [2.45, 2.75) is 31.9 Å². The summed E-state index contributed by atoms with van der Waals surface area (Å²) < 4.78 is 18.9. The average Bonchev–Trinajstić information content (AvgIpc) is 2.63. The Bertz CT molecular complexity index is 699. The van der Waals surface area contributed by atoms with Crippen LogP contribution in [0.4, 0.5) is 0 Å². The van der Waals surface area contributed by atoms with E-state index in [1.165, 1.54) is 6.07 Å². The third kappa shape index (κ3) is 1.78. The summed E-state index contributed by atoms with van der Waals surface area (Å²) in [6, 6.07) is 6.39. The summed E-state index contributed by atoms with van der Waals surface area (Å²) in [5.41, 5.74) is -0.409. The van der Waals surface area contributed by atoms with Gasteiger partial charge in [0.15, 0.2) is 0 Å². The van der Waals surface area contributed by atoms with Crippen molar-refractivity contribution in [1.29, 1.82) is 0 Å². The molecule has 1 N–H and O–H groups in total. The van der Waals surface area contributed by atoms with Crippen molar-refractivity contribution in [2.75, 3.05) is 0 Å². The van der Waals surface area contributed by atoms with Gasteiger partial charge < -0.3 is 14.3 Å². The molecule has 1 aliphatic heterocycles. The minimum absolute atomic E-state index is 0.424. The normalized spacial score (nSPS) is 23.6. The summed E-state index contributed by atoms with van der Waals surface area (Å²) in [5.74, 6) is 0.494. The molecule has 2 aromatic rings. The Morgan fingerprint density at radius 2 is 2.22 bits per heavy atom. The van der Waals surface area contributed by atoms with Crippen LogP contribution in [0.3, 0.4) is 0 Å². The molecule has 1 aliphatic rings. The Kier molecular flexibility index (Phi) is 2.02. The van der Waals surface area contributed by atoms with Crippen molar-refractivity contribution in [2.24, 2.45) is 0 Å². The number of aliphatic hydroxyl groups is 1. The van der Waals surface area contributed by atoms with E-state index in [4.69, 9.17) is 10.5 Å². The molecular formula is C14H14O4. The molecule has 0 aliphatic carbocycles. The topological polar surface area (TPSA) is 59.7 Å². The van der Waals surface area contributed by atoms with Crippen LogP contribution in [0, 0.1) is 0 Å². The highest BCUT2D eigenvalue weighted by Crippen LogP contribution is 2.35. The molecule has 2 atom stereocenters. The number of hydrogen-bond acceptors (Lipinski definition) is 4. The number of hydrogen-bond donors (Lipinski definition) is 1. The number of benzene rings is 1. The maximum absolute atomic E-state index is 11.2. The smallest absolute Gasteiger partial charge is 0.336 e. The van der Waals surface area contributed by atoms with Gasteiger partial charge in [-0.25, -0.2) is 4.79 Å². The molecule has 2 heterocycles.